The Bertz CT molecular complexity index is 617. The maximum Gasteiger partial charge on any atom is 0.407 e. The van der Waals surface area contributed by atoms with Gasteiger partial charge in [0.15, 0.2) is 0 Å². The molecule has 0 saturated carbocycles. The van der Waals surface area contributed by atoms with Gasteiger partial charge in [-0.25, -0.2) is 4.79 Å². The van der Waals surface area contributed by atoms with Gasteiger partial charge in [-0.3, -0.25) is 10.1 Å². The van der Waals surface area contributed by atoms with E-state index in [1.54, 1.807) is 12.1 Å². The molecule has 1 aliphatic heterocycles. The van der Waals surface area contributed by atoms with Gasteiger partial charge in [0, 0.05) is 37.0 Å². The molecule has 0 unspecified atom stereocenters. The molecule has 2 rings (SSSR count). The molecular formula is C17H25N3O4. The van der Waals surface area contributed by atoms with Crippen molar-refractivity contribution in [2.24, 2.45) is 0 Å². The monoisotopic (exact) mass is 335 g/mol. The molecule has 1 saturated heterocycles. The van der Waals surface area contributed by atoms with E-state index in [4.69, 9.17) is 4.74 Å². The van der Waals surface area contributed by atoms with Crippen LogP contribution in [-0.2, 0) is 4.74 Å². The predicted molar refractivity (Wildman–Crippen MR) is 92.4 cm³/mol. The molecule has 7 heteroatoms. The predicted octanol–water partition coefficient (Wildman–Crippen LogP) is 3.40. The van der Waals surface area contributed by atoms with E-state index >= 15 is 0 Å². The molecule has 1 aromatic rings. The fourth-order valence-corrected chi connectivity index (χ4v) is 2.85. The van der Waals surface area contributed by atoms with E-state index in [-0.39, 0.29) is 22.7 Å². The fraction of sp³-hybridized carbons (Fsp3) is 0.588. The van der Waals surface area contributed by atoms with Crippen molar-refractivity contribution in [1.82, 2.24) is 5.32 Å². The lowest BCUT2D eigenvalue weighted by Crippen LogP contribution is -2.46. The average molecular weight is 335 g/mol. The van der Waals surface area contributed by atoms with E-state index < -0.39 is 5.60 Å². The number of carbonyl (C=O) groups excluding carboxylic acids is 1. The molecule has 0 spiro atoms. The summed E-state index contributed by atoms with van der Waals surface area (Å²) in [7, 11) is 0. The van der Waals surface area contributed by atoms with Crippen LogP contribution < -0.4 is 10.2 Å². The standard InChI is InChI=1S/C17H25N3O4/c1-12-11-14(20(22)23)5-6-15(12)19-9-7-13(8-10-19)18-16(21)24-17(2,3)4/h5-6,11,13H,7-10H2,1-4H3,(H,18,21). The number of hydrogen-bond acceptors (Lipinski definition) is 5. The molecule has 0 aliphatic carbocycles. The Morgan fingerprint density at radius 2 is 1.96 bits per heavy atom. The second-order valence-corrected chi connectivity index (χ2v) is 7.14. The van der Waals surface area contributed by atoms with Crippen LogP contribution in [0, 0.1) is 17.0 Å². The summed E-state index contributed by atoms with van der Waals surface area (Å²) in [4.78, 5) is 24.5. The third-order valence-electron chi connectivity index (χ3n) is 3.95. The molecule has 132 valence electrons. The number of non-ortho nitro benzene ring substituents is 1. The number of rotatable bonds is 3. The summed E-state index contributed by atoms with van der Waals surface area (Å²) in [6, 6.07) is 5.03. The second kappa shape index (κ2) is 7.07. The maximum absolute atomic E-state index is 11.8. The van der Waals surface area contributed by atoms with Gasteiger partial charge in [-0.1, -0.05) is 0 Å². The van der Waals surface area contributed by atoms with E-state index in [2.05, 4.69) is 10.2 Å². The van der Waals surface area contributed by atoms with E-state index in [0.717, 1.165) is 37.2 Å². The first kappa shape index (κ1) is 18.0. The number of aryl methyl sites for hydroxylation is 1. The Kier molecular flexibility index (Phi) is 5.31. The molecule has 1 heterocycles. The zero-order chi connectivity index (χ0) is 17.9. The van der Waals surface area contributed by atoms with Crippen molar-refractivity contribution in [3.05, 3.63) is 33.9 Å². The van der Waals surface area contributed by atoms with Gasteiger partial charge in [-0.05, 0) is 52.2 Å². The molecule has 1 aromatic carbocycles. The number of nitro benzene ring substituents is 1. The van der Waals surface area contributed by atoms with Crippen LogP contribution in [0.2, 0.25) is 0 Å². The highest BCUT2D eigenvalue weighted by Crippen LogP contribution is 2.27. The van der Waals surface area contributed by atoms with Crippen molar-refractivity contribution in [2.75, 3.05) is 18.0 Å². The van der Waals surface area contributed by atoms with Gasteiger partial charge in [-0.2, -0.15) is 0 Å². The smallest absolute Gasteiger partial charge is 0.407 e. The number of carbonyl (C=O) groups is 1. The van der Waals surface area contributed by atoms with Crippen LogP contribution in [0.5, 0.6) is 0 Å². The van der Waals surface area contributed by atoms with Gasteiger partial charge in [0.05, 0.1) is 4.92 Å². The highest BCUT2D eigenvalue weighted by atomic mass is 16.6. The largest absolute Gasteiger partial charge is 0.444 e. The van der Waals surface area contributed by atoms with Crippen LogP contribution in [0.4, 0.5) is 16.2 Å². The van der Waals surface area contributed by atoms with Crippen LogP contribution in [0.3, 0.4) is 0 Å². The van der Waals surface area contributed by atoms with Gasteiger partial charge < -0.3 is 15.0 Å². The number of nitro groups is 1. The van der Waals surface area contributed by atoms with Gasteiger partial charge in [0.25, 0.3) is 5.69 Å². The number of piperidine rings is 1. The maximum atomic E-state index is 11.8. The first-order chi connectivity index (χ1) is 11.2. The summed E-state index contributed by atoms with van der Waals surface area (Å²) in [5.41, 5.74) is 1.51. The Balaban J connectivity index is 1.91. The fourth-order valence-electron chi connectivity index (χ4n) is 2.85. The Hall–Kier alpha value is -2.31. The van der Waals surface area contributed by atoms with Gasteiger partial charge >= 0.3 is 6.09 Å². The van der Waals surface area contributed by atoms with Crippen LogP contribution in [0.1, 0.15) is 39.2 Å². The van der Waals surface area contributed by atoms with Gasteiger partial charge in [-0.15, -0.1) is 0 Å². The number of hydrogen-bond donors (Lipinski definition) is 1. The Morgan fingerprint density at radius 1 is 1.33 bits per heavy atom. The molecule has 7 nitrogen and oxygen atoms in total. The van der Waals surface area contributed by atoms with Crippen molar-refractivity contribution in [1.29, 1.82) is 0 Å². The third-order valence-corrected chi connectivity index (χ3v) is 3.95. The highest BCUT2D eigenvalue weighted by molar-refractivity contribution is 5.68. The number of nitrogens with one attached hydrogen (secondary N) is 1. The van der Waals surface area contributed by atoms with Crippen LogP contribution in [0.15, 0.2) is 18.2 Å². The summed E-state index contributed by atoms with van der Waals surface area (Å²) in [6.07, 6.45) is 1.25. The number of ether oxygens (including phenoxy) is 1. The van der Waals surface area contributed by atoms with Crippen molar-refractivity contribution in [3.63, 3.8) is 0 Å². The molecule has 0 bridgehead atoms. The molecule has 1 amide bonds. The average Bonchev–Trinajstić information content (AvgIpc) is 2.46. The lowest BCUT2D eigenvalue weighted by Gasteiger charge is -2.35. The summed E-state index contributed by atoms with van der Waals surface area (Å²) in [5, 5.41) is 13.7. The van der Waals surface area contributed by atoms with Crippen molar-refractivity contribution in [3.8, 4) is 0 Å². The first-order valence-corrected chi connectivity index (χ1v) is 8.15. The number of nitrogens with zero attached hydrogens (tertiary/aromatic N) is 2. The lowest BCUT2D eigenvalue weighted by molar-refractivity contribution is -0.384. The van der Waals surface area contributed by atoms with Gasteiger partial charge in [0.2, 0.25) is 0 Å². The van der Waals surface area contributed by atoms with Crippen LogP contribution >= 0.6 is 0 Å². The second-order valence-electron chi connectivity index (χ2n) is 7.14. The molecule has 1 fully saturated rings. The number of amides is 1. The molecule has 0 atom stereocenters. The van der Waals surface area contributed by atoms with E-state index in [1.807, 2.05) is 27.7 Å². The SMILES string of the molecule is Cc1cc([N+](=O)[O-])ccc1N1CCC(NC(=O)OC(C)(C)C)CC1. The zero-order valence-corrected chi connectivity index (χ0v) is 14.7. The van der Waals surface area contributed by atoms with E-state index in [9.17, 15) is 14.9 Å². The minimum atomic E-state index is -0.499. The zero-order valence-electron chi connectivity index (χ0n) is 14.7. The highest BCUT2D eigenvalue weighted by Gasteiger charge is 2.24. The number of benzene rings is 1. The summed E-state index contributed by atoms with van der Waals surface area (Å²) >= 11 is 0. The van der Waals surface area contributed by atoms with E-state index in [0.29, 0.717) is 0 Å². The molecule has 1 N–H and O–H groups in total. The number of anilines is 1. The molecule has 1 aliphatic rings. The first-order valence-electron chi connectivity index (χ1n) is 8.15. The topological polar surface area (TPSA) is 84.7 Å². The Morgan fingerprint density at radius 3 is 2.46 bits per heavy atom. The molecule has 0 radical (unpaired) electrons. The van der Waals surface area contributed by atoms with Crippen molar-refractivity contribution < 1.29 is 14.5 Å². The molecule has 24 heavy (non-hydrogen) atoms. The molecule has 0 aromatic heterocycles. The van der Waals surface area contributed by atoms with Crippen molar-refractivity contribution >= 4 is 17.5 Å². The lowest BCUT2D eigenvalue weighted by atomic mass is 10.0. The van der Waals surface area contributed by atoms with Gasteiger partial charge in [0.1, 0.15) is 5.60 Å². The Labute approximate surface area is 142 Å². The van der Waals surface area contributed by atoms with Crippen LogP contribution in [0.25, 0.3) is 0 Å². The summed E-state index contributed by atoms with van der Waals surface area (Å²) in [6.45, 7) is 8.98. The van der Waals surface area contributed by atoms with Crippen molar-refractivity contribution in [2.45, 2.75) is 52.2 Å². The van der Waals surface area contributed by atoms with Crippen LogP contribution in [-0.4, -0.2) is 35.7 Å². The number of alkyl carbamates (subject to hydrolysis) is 1. The van der Waals surface area contributed by atoms with E-state index in [1.165, 1.54) is 6.07 Å². The minimum Gasteiger partial charge on any atom is -0.444 e. The quantitative estimate of drug-likeness (QED) is 0.676. The summed E-state index contributed by atoms with van der Waals surface area (Å²) in [5.74, 6) is 0. The minimum absolute atomic E-state index is 0.0921. The normalized spacial score (nSPS) is 15.9. The third kappa shape index (κ3) is 4.84. The summed E-state index contributed by atoms with van der Waals surface area (Å²) < 4.78 is 5.28. The molecular weight excluding hydrogens is 310 g/mol.